The van der Waals surface area contributed by atoms with Gasteiger partial charge in [0.2, 0.25) is 5.03 Å². The first-order valence-corrected chi connectivity index (χ1v) is 6.96. The lowest BCUT2D eigenvalue weighted by molar-refractivity contribution is 0.558. The average Bonchev–Trinajstić information content (AvgIpc) is 2.89. The number of aromatic amines is 1. The summed E-state index contributed by atoms with van der Waals surface area (Å²) in [5.74, 6) is 0.519. The van der Waals surface area contributed by atoms with Crippen LogP contribution in [0.5, 0.6) is 0 Å². The van der Waals surface area contributed by atoms with Crippen LogP contribution in [0.1, 0.15) is 18.8 Å². The Hall–Kier alpha value is -1.38. The lowest BCUT2D eigenvalue weighted by Crippen LogP contribution is -2.28. The van der Waals surface area contributed by atoms with E-state index in [4.69, 9.17) is 11.6 Å². The van der Waals surface area contributed by atoms with Crippen molar-refractivity contribution in [2.24, 2.45) is 7.05 Å². The number of imidazole rings is 2. The number of aryl methyl sites for hydroxylation is 1. The van der Waals surface area contributed by atoms with Crippen molar-refractivity contribution in [3.8, 4) is 0 Å². The Morgan fingerprint density at radius 3 is 2.72 bits per heavy atom. The highest BCUT2D eigenvalue weighted by Crippen LogP contribution is 2.20. The number of hydrogen-bond acceptors (Lipinski definition) is 4. The van der Waals surface area contributed by atoms with Gasteiger partial charge in [-0.3, -0.25) is 0 Å². The first-order chi connectivity index (χ1) is 8.42. The molecule has 98 valence electrons. The van der Waals surface area contributed by atoms with Crippen LogP contribution in [0.4, 0.5) is 0 Å². The van der Waals surface area contributed by atoms with Crippen molar-refractivity contribution in [3.63, 3.8) is 0 Å². The van der Waals surface area contributed by atoms with Gasteiger partial charge in [0.1, 0.15) is 11.0 Å². The largest absolute Gasteiger partial charge is 0.347 e. The molecule has 0 aliphatic rings. The summed E-state index contributed by atoms with van der Waals surface area (Å²) in [5.41, 5.74) is 0. The van der Waals surface area contributed by atoms with Crippen molar-refractivity contribution < 1.29 is 8.42 Å². The van der Waals surface area contributed by atoms with Crippen LogP contribution < -0.4 is 4.72 Å². The van der Waals surface area contributed by atoms with Crippen LogP contribution in [0, 0.1) is 0 Å². The van der Waals surface area contributed by atoms with Gasteiger partial charge in [-0.25, -0.2) is 18.4 Å². The molecule has 18 heavy (non-hydrogen) atoms. The number of sulfonamides is 1. The van der Waals surface area contributed by atoms with Gasteiger partial charge in [0.15, 0.2) is 0 Å². The summed E-state index contributed by atoms with van der Waals surface area (Å²) < 4.78 is 28.0. The van der Waals surface area contributed by atoms with Crippen molar-refractivity contribution in [1.82, 2.24) is 24.2 Å². The minimum Gasteiger partial charge on any atom is -0.347 e. The highest BCUT2D eigenvalue weighted by molar-refractivity contribution is 7.89. The second-order valence-electron chi connectivity index (χ2n) is 3.77. The van der Waals surface area contributed by atoms with Gasteiger partial charge in [-0.2, -0.15) is 4.72 Å². The van der Waals surface area contributed by atoms with Crippen LogP contribution >= 0.6 is 11.6 Å². The SMILES string of the molecule is CC(NS(=O)(=O)c1ncn(C)c1Cl)c1ncc[nH]1. The van der Waals surface area contributed by atoms with E-state index in [2.05, 4.69) is 19.7 Å². The van der Waals surface area contributed by atoms with Crippen LogP contribution in [-0.2, 0) is 17.1 Å². The Kier molecular flexibility index (Phi) is 3.42. The summed E-state index contributed by atoms with van der Waals surface area (Å²) in [7, 11) is -2.15. The summed E-state index contributed by atoms with van der Waals surface area (Å²) in [6.45, 7) is 1.67. The predicted octanol–water partition coefficient (Wildman–Crippen LogP) is 0.836. The molecule has 7 nitrogen and oxygen atoms in total. The number of H-pyrrole nitrogens is 1. The maximum atomic E-state index is 12.1. The van der Waals surface area contributed by atoms with Crippen LogP contribution in [0.2, 0.25) is 5.15 Å². The molecule has 0 aromatic carbocycles. The van der Waals surface area contributed by atoms with Gasteiger partial charge in [-0.15, -0.1) is 0 Å². The smallest absolute Gasteiger partial charge is 0.261 e. The van der Waals surface area contributed by atoms with Gasteiger partial charge in [0, 0.05) is 19.4 Å². The Morgan fingerprint density at radius 1 is 1.50 bits per heavy atom. The Morgan fingerprint density at radius 2 is 2.22 bits per heavy atom. The van der Waals surface area contributed by atoms with Gasteiger partial charge in [-0.05, 0) is 6.92 Å². The highest BCUT2D eigenvalue weighted by Gasteiger charge is 2.25. The molecule has 2 aromatic heterocycles. The summed E-state index contributed by atoms with van der Waals surface area (Å²) in [6.07, 6.45) is 4.51. The quantitative estimate of drug-likeness (QED) is 0.872. The third-order valence-corrected chi connectivity index (χ3v) is 4.38. The fraction of sp³-hybridized carbons (Fsp3) is 0.333. The van der Waals surface area contributed by atoms with Crippen molar-refractivity contribution >= 4 is 21.6 Å². The fourth-order valence-electron chi connectivity index (χ4n) is 1.43. The Balaban J connectivity index is 2.25. The van der Waals surface area contributed by atoms with Crippen LogP contribution in [0.3, 0.4) is 0 Å². The zero-order chi connectivity index (χ0) is 13.3. The maximum absolute atomic E-state index is 12.1. The van der Waals surface area contributed by atoms with Crippen LogP contribution in [0.15, 0.2) is 23.7 Å². The van der Waals surface area contributed by atoms with Crippen molar-refractivity contribution in [1.29, 1.82) is 0 Å². The first kappa shape index (κ1) is 13.1. The molecule has 0 aliphatic heterocycles. The molecule has 0 fully saturated rings. The molecule has 2 rings (SSSR count). The van der Waals surface area contributed by atoms with Gasteiger partial charge in [-0.1, -0.05) is 11.6 Å². The lowest BCUT2D eigenvalue weighted by Gasteiger charge is -2.10. The Labute approximate surface area is 109 Å². The third kappa shape index (κ3) is 2.40. The van der Waals surface area contributed by atoms with Crippen molar-refractivity contribution in [2.75, 3.05) is 0 Å². The van der Waals surface area contributed by atoms with Crippen LogP contribution in [0.25, 0.3) is 0 Å². The summed E-state index contributed by atoms with van der Waals surface area (Å²) in [5, 5.41) is -0.126. The number of nitrogens with one attached hydrogen (secondary N) is 2. The fourth-order valence-corrected chi connectivity index (χ4v) is 3.07. The number of hydrogen-bond donors (Lipinski definition) is 2. The Bertz CT molecular complexity index is 634. The molecule has 0 saturated carbocycles. The van der Waals surface area contributed by atoms with Gasteiger partial charge >= 0.3 is 0 Å². The van der Waals surface area contributed by atoms with E-state index >= 15 is 0 Å². The summed E-state index contributed by atoms with van der Waals surface area (Å²) in [6, 6.07) is -0.497. The minimum absolute atomic E-state index is 0.0640. The minimum atomic E-state index is -3.77. The number of nitrogens with zero attached hydrogens (tertiary/aromatic N) is 3. The van der Waals surface area contributed by atoms with E-state index < -0.39 is 16.1 Å². The topological polar surface area (TPSA) is 92.7 Å². The number of halogens is 1. The average molecular weight is 290 g/mol. The molecule has 1 atom stereocenters. The molecule has 2 N–H and O–H groups in total. The second-order valence-corrected chi connectivity index (χ2v) is 5.76. The monoisotopic (exact) mass is 289 g/mol. The first-order valence-electron chi connectivity index (χ1n) is 5.10. The molecule has 0 aliphatic carbocycles. The van der Waals surface area contributed by atoms with E-state index in [-0.39, 0.29) is 10.2 Å². The van der Waals surface area contributed by atoms with Gasteiger partial charge in [0.25, 0.3) is 10.0 Å². The molecule has 2 aromatic rings. The normalized spacial score (nSPS) is 13.7. The van der Waals surface area contributed by atoms with E-state index in [1.807, 2.05) is 0 Å². The summed E-state index contributed by atoms with van der Waals surface area (Å²) >= 11 is 5.86. The molecule has 0 saturated heterocycles. The molecule has 9 heteroatoms. The number of aromatic nitrogens is 4. The molecule has 1 unspecified atom stereocenters. The molecule has 0 bridgehead atoms. The van der Waals surface area contributed by atoms with E-state index in [0.717, 1.165) is 0 Å². The zero-order valence-electron chi connectivity index (χ0n) is 9.75. The van der Waals surface area contributed by atoms with E-state index in [9.17, 15) is 8.42 Å². The van der Waals surface area contributed by atoms with E-state index in [0.29, 0.717) is 5.82 Å². The molecule has 0 spiro atoms. The highest BCUT2D eigenvalue weighted by atomic mass is 35.5. The lowest BCUT2D eigenvalue weighted by atomic mass is 10.3. The maximum Gasteiger partial charge on any atom is 0.261 e. The summed E-state index contributed by atoms with van der Waals surface area (Å²) in [4.78, 5) is 10.6. The standard InChI is InChI=1S/C9H12ClN5O2S/c1-6(8-11-3-4-12-8)14-18(16,17)9-7(10)15(2)5-13-9/h3-6,14H,1-2H3,(H,11,12). The molecular formula is C9H12ClN5O2S. The van der Waals surface area contributed by atoms with Crippen molar-refractivity contribution in [2.45, 2.75) is 18.0 Å². The van der Waals surface area contributed by atoms with Crippen LogP contribution in [-0.4, -0.2) is 27.9 Å². The third-order valence-electron chi connectivity index (χ3n) is 2.35. The molecular weight excluding hydrogens is 278 g/mol. The second kappa shape index (κ2) is 4.71. The molecule has 0 radical (unpaired) electrons. The zero-order valence-corrected chi connectivity index (χ0v) is 11.3. The van der Waals surface area contributed by atoms with Gasteiger partial charge < -0.3 is 9.55 Å². The van der Waals surface area contributed by atoms with E-state index in [1.165, 1.54) is 10.9 Å². The van der Waals surface area contributed by atoms with Crippen molar-refractivity contribution in [3.05, 3.63) is 29.7 Å². The molecule has 0 amide bonds. The molecule has 2 heterocycles. The number of rotatable bonds is 4. The predicted molar refractivity (Wildman–Crippen MR) is 65.5 cm³/mol. The van der Waals surface area contributed by atoms with Gasteiger partial charge in [0.05, 0.1) is 12.4 Å². The van der Waals surface area contributed by atoms with E-state index in [1.54, 1.807) is 26.4 Å².